The number of aryl methyl sites for hydroxylation is 1. The number of esters is 2. The molecule has 5 heteroatoms. The van der Waals surface area contributed by atoms with E-state index in [0.29, 0.717) is 5.56 Å². The number of hydrogen-bond acceptors (Lipinski definition) is 5. The molecule has 0 spiro atoms. The number of aliphatic hydroxyl groups is 1. The molecular formula is C15H16O5. The smallest absolute Gasteiger partial charge is 0.347 e. The molecule has 1 aromatic rings. The van der Waals surface area contributed by atoms with Crippen molar-refractivity contribution < 1.29 is 24.2 Å². The Hall–Kier alpha value is -2.14. The van der Waals surface area contributed by atoms with Gasteiger partial charge in [0, 0.05) is 6.08 Å². The Labute approximate surface area is 116 Å². The van der Waals surface area contributed by atoms with Gasteiger partial charge in [-0.1, -0.05) is 29.8 Å². The van der Waals surface area contributed by atoms with Crippen LogP contribution in [0.25, 0.3) is 0 Å². The van der Waals surface area contributed by atoms with E-state index in [2.05, 4.69) is 0 Å². The molecule has 0 radical (unpaired) electrons. The van der Waals surface area contributed by atoms with E-state index in [0.717, 1.165) is 5.56 Å². The maximum absolute atomic E-state index is 12.1. The van der Waals surface area contributed by atoms with E-state index in [9.17, 15) is 14.7 Å². The summed E-state index contributed by atoms with van der Waals surface area (Å²) in [5, 5.41) is 10.8. The molecule has 0 fully saturated rings. The van der Waals surface area contributed by atoms with E-state index in [4.69, 9.17) is 9.47 Å². The van der Waals surface area contributed by atoms with Crippen LogP contribution in [0.4, 0.5) is 0 Å². The third-order valence-corrected chi connectivity index (χ3v) is 3.14. The molecule has 0 unspecified atom stereocenters. The first kappa shape index (κ1) is 14.3. The van der Waals surface area contributed by atoms with E-state index >= 15 is 0 Å². The Morgan fingerprint density at radius 1 is 1.40 bits per heavy atom. The topological polar surface area (TPSA) is 72.8 Å². The average Bonchev–Trinajstić information content (AvgIpc) is 2.86. The Morgan fingerprint density at radius 3 is 2.55 bits per heavy atom. The number of ether oxygens (including phenoxy) is 2. The Morgan fingerprint density at radius 2 is 2.05 bits per heavy atom. The zero-order chi connectivity index (χ0) is 14.8. The summed E-state index contributed by atoms with van der Waals surface area (Å²) in [4.78, 5) is 23.3. The molecule has 0 aromatic heterocycles. The summed E-state index contributed by atoms with van der Waals surface area (Å²) in [6.45, 7) is 3.66. The van der Waals surface area contributed by atoms with E-state index in [1.807, 2.05) is 6.92 Å². The van der Waals surface area contributed by atoms with Crippen LogP contribution in [-0.4, -0.2) is 29.8 Å². The highest BCUT2D eigenvalue weighted by atomic mass is 16.6. The second-order valence-electron chi connectivity index (χ2n) is 4.57. The van der Waals surface area contributed by atoms with E-state index in [1.54, 1.807) is 31.2 Å². The van der Waals surface area contributed by atoms with Gasteiger partial charge in [-0.15, -0.1) is 0 Å². The lowest BCUT2D eigenvalue weighted by Gasteiger charge is -2.30. The minimum absolute atomic E-state index is 0.122. The van der Waals surface area contributed by atoms with Gasteiger partial charge in [0.25, 0.3) is 0 Å². The predicted octanol–water partition coefficient (Wildman–Crippen LogP) is 1.23. The second kappa shape index (κ2) is 5.46. The molecule has 0 saturated carbocycles. The van der Waals surface area contributed by atoms with Crippen LogP contribution in [-0.2, 0) is 24.7 Å². The summed E-state index contributed by atoms with van der Waals surface area (Å²) in [6.07, 6.45) is 1.46. The summed E-state index contributed by atoms with van der Waals surface area (Å²) in [5.41, 5.74) is -0.725. The van der Waals surface area contributed by atoms with Gasteiger partial charge in [-0.05, 0) is 25.5 Å². The SMILES string of the molecule is CCOC(=O)[C@](O)(c1ccc(C)cc1)[C@@H]1C=CC(=O)O1. The minimum atomic E-state index is -2.04. The Balaban J connectivity index is 2.43. The molecule has 2 atom stereocenters. The van der Waals surface area contributed by atoms with Crippen molar-refractivity contribution in [2.75, 3.05) is 6.61 Å². The van der Waals surface area contributed by atoms with Crippen molar-refractivity contribution in [2.24, 2.45) is 0 Å². The summed E-state index contributed by atoms with van der Waals surface area (Å²) in [7, 11) is 0. The largest absolute Gasteiger partial charge is 0.463 e. The first-order chi connectivity index (χ1) is 9.48. The highest BCUT2D eigenvalue weighted by Gasteiger charge is 2.49. The van der Waals surface area contributed by atoms with Gasteiger partial charge in [-0.3, -0.25) is 0 Å². The fourth-order valence-corrected chi connectivity index (χ4v) is 2.04. The first-order valence-corrected chi connectivity index (χ1v) is 6.34. The number of rotatable bonds is 4. The van der Waals surface area contributed by atoms with Crippen molar-refractivity contribution in [3.63, 3.8) is 0 Å². The van der Waals surface area contributed by atoms with Crippen molar-refractivity contribution in [2.45, 2.75) is 25.6 Å². The molecule has 0 bridgehead atoms. The second-order valence-corrected chi connectivity index (χ2v) is 4.57. The van der Waals surface area contributed by atoms with Gasteiger partial charge in [0.05, 0.1) is 6.61 Å². The number of hydrogen-bond donors (Lipinski definition) is 1. The third-order valence-electron chi connectivity index (χ3n) is 3.14. The van der Waals surface area contributed by atoms with Crippen LogP contribution < -0.4 is 0 Å². The van der Waals surface area contributed by atoms with Crippen LogP contribution in [0.3, 0.4) is 0 Å². The van der Waals surface area contributed by atoms with Crippen molar-refractivity contribution in [3.05, 3.63) is 47.5 Å². The molecule has 1 aliphatic rings. The van der Waals surface area contributed by atoms with Gasteiger partial charge in [-0.25, -0.2) is 9.59 Å². The van der Waals surface area contributed by atoms with Gasteiger partial charge in [0.15, 0.2) is 6.10 Å². The molecule has 0 amide bonds. The van der Waals surface area contributed by atoms with Crippen LogP contribution in [0, 0.1) is 6.92 Å². The number of cyclic esters (lactones) is 1. The molecular weight excluding hydrogens is 260 g/mol. The van der Waals surface area contributed by atoms with Crippen LogP contribution in [0.2, 0.25) is 0 Å². The number of carbonyl (C=O) groups excluding carboxylic acids is 2. The highest BCUT2D eigenvalue weighted by Crippen LogP contribution is 2.32. The molecule has 5 nitrogen and oxygen atoms in total. The number of benzene rings is 1. The molecule has 2 rings (SSSR count). The molecule has 106 valence electrons. The average molecular weight is 276 g/mol. The van der Waals surface area contributed by atoms with Crippen LogP contribution in [0.15, 0.2) is 36.4 Å². The zero-order valence-electron chi connectivity index (χ0n) is 11.3. The third kappa shape index (κ3) is 2.44. The maximum Gasteiger partial charge on any atom is 0.347 e. The molecule has 1 aromatic carbocycles. The van der Waals surface area contributed by atoms with Crippen LogP contribution >= 0.6 is 0 Å². The predicted molar refractivity (Wildman–Crippen MR) is 70.7 cm³/mol. The quantitative estimate of drug-likeness (QED) is 0.837. The molecule has 1 aliphatic heterocycles. The Kier molecular flexibility index (Phi) is 3.90. The molecule has 20 heavy (non-hydrogen) atoms. The minimum Gasteiger partial charge on any atom is -0.463 e. The van der Waals surface area contributed by atoms with Crippen LogP contribution in [0.5, 0.6) is 0 Å². The summed E-state index contributed by atoms with van der Waals surface area (Å²) < 4.78 is 9.90. The van der Waals surface area contributed by atoms with Gasteiger partial charge in [0.1, 0.15) is 0 Å². The summed E-state index contributed by atoms with van der Waals surface area (Å²) >= 11 is 0. The molecule has 1 heterocycles. The van der Waals surface area contributed by atoms with Gasteiger partial charge in [0.2, 0.25) is 5.60 Å². The van der Waals surface area contributed by atoms with Crippen molar-refractivity contribution in [1.82, 2.24) is 0 Å². The van der Waals surface area contributed by atoms with Crippen molar-refractivity contribution >= 4 is 11.9 Å². The highest BCUT2D eigenvalue weighted by molar-refractivity contribution is 5.88. The maximum atomic E-state index is 12.1. The summed E-state index contributed by atoms with van der Waals surface area (Å²) in [6, 6.07) is 6.76. The van der Waals surface area contributed by atoms with E-state index < -0.39 is 23.6 Å². The lowest BCUT2D eigenvalue weighted by molar-refractivity contribution is -0.181. The summed E-state index contributed by atoms with van der Waals surface area (Å²) in [5.74, 6) is -1.43. The van der Waals surface area contributed by atoms with Crippen LogP contribution in [0.1, 0.15) is 18.1 Å². The fourth-order valence-electron chi connectivity index (χ4n) is 2.04. The van der Waals surface area contributed by atoms with Gasteiger partial charge in [-0.2, -0.15) is 0 Å². The van der Waals surface area contributed by atoms with E-state index in [1.165, 1.54) is 12.2 Å². The van der Waals surface area contributed by atoms with Gasteiger partial charge < -0.3 is 14.6 Å². The zero-order valence-corrected chi connectivity index (χ0v) is 11.3. The fraction of sp³-hybridized carbons (Fsp3) is 0.333. The lowest BCUT2D eigenvalue weighted by Crippen LogP contribution is -2.47. The standard InChI is InChI=1S/C15H16O5/c1-3-19-14(17)15(18,12-8-9-13(16)20-12)11-6-4-10(2)5-7-11/h4-9,12,18H,3H2,1-2H3/t12-,15-/m0/s1. The number of carbonyl (C=O) groups is 2. The monoisotopic (exact) mass is 276 g/mol. The van der Waals surface area contributed by atoms with E-state index in [-0.39, 0.29) is 6.61 Å². The molecule has 1 N–H and O–H groups in total. The van der Waals surface area contributed by atoms with Crippen molar-refractivity contribution in [3.8, 4) is 0 Å². The normalized spacial score (nSPS) is 20.4. The first-order valence-electron chi connectivity index (χ1n) is 6.34. The van der Waals surface area contributed by atoms with Gasteiger partial charge >= 0.3 is 11.9 Å². The lowest BCUT2D eigenvalue weighted by atomic mass is 9.87. The Bertz CT molecular complexity index is 546. The van der Waals surface area contributed by atoms with Crippen molar-refractivity contribution in [1.29, 1.82) is 0 Å². The molecule has 0 saturated heterocycles. The molecule has 0 aliphatic carbocycles.